The second-order valence-electron chi connectivity index (χ2n) is 12.5. The van der Waals surface area contributed by atoms with Crippen LogP contribution in [0.1, 0.15) is 150 Å². The van der Waals surface area contributed by atoms with Crippen molar-refractivity contribution in [2.24, 2.45) is 40.9 Å². The summed E-state index contributed by atoms with van der Waals surface area (Å²) in [5.41, 5.74) is 0.662. The molecule has 0 bridgehead atoms. The highest BCUT2D eigenvalue weighted by Gasteiger charge is 2.39. The van der Waals surface area contributed by atoms with E-state index in [1.165, 1.54) is 83.5 Å². The van der Waals surface area contributed by atoms with Crippen molar-refractivity contribution < 1.29 is 0 Å². The third-order valence-corrected chi connectivity index (χ3v) is 10.3. The predicted octanol–water partition coefficient (Wildman–Crippen LogP) is 10.2. The summed E-state index contributed by atoms with van der Waals surface area (Å²) < 4.78 is 0. The molecule has 3 aliphatic carbocycles. The minimum atomic E-state index is 0.662. The highest BCUT2D eigenvalue weighted by atomic mass is 14.4. The minimum absolute atomic E-state index is 0.662. The van der Waals surface area contributed by atoms with Crippen molar-refractivity contribution in [1.29, 1.82) is 0 Å². The first-order valence-electron chi connectivity index (χ1n) is 14.6. The summed E-state index contributed by atoms with van der Waals surface area (Å²) >= 11 is 0. The average molecular weight is 417 g/mol. The molecular weight excluding hydrogens is 360 g/mol. The quantitative estimate of drug-likeness (QED) is 0.249. The Balaban J connectivity index is 1.46. The Morgan fingerprint density at radius 3 is 2.00 bits per heavy atom. The molecule has 30 heavy (non-hydrogen) atoms. The zero-order valence-electron chi connectivity index (χ0n) is 21.4. The third-order valence-electron chi connectivity index (χ3n) is 10.3. The van der Waals surface area contributed by atoms with Crippen LogP contribution in [0.25, 0.3) is 0 Å². The Hall–Kier alpha value is 0. The van der Waals surface area contributed by atoms with Crippen LogP contribution in [0.15, 0.2) is 0 Å². The van der Waals surface area contributed by atoms with Crippen LogP contribution >= 0.6 is 0 Å². The molecule has 0 N–H and O–H groups in total. The van der Waals surface area contributed by atoms with Gasteiger partial charge in [-0.15, -0.1) is 0 Å². The van der Waals surface area contributed by atoms with Gasteiger partial charge in [0, 0.05) is 0 Å². The van der Waals surface area contributed by atoms with Crippen LogP contribution in [0.4, 0.5) is 0 Å². The van der Waals surface area contributed by atoms with E-state index in [0.29, 0.717) is 5.41 Å². The van der Waals surface area contributed by atoms with E-state index in [1.54, 1.807) is 38.5 Å². The lowest BCUT2D eigenvalue weighted by molar-refractivity contribution is 0.0634. The predicted molar refractivity (Wildman–Crippen MR) is 134 cm³/mol. The Morgan fingerprint density at radius 2 is 1.43 bits per heavy atom. The van der Waals surface area contributed by atoms with Crippen LogP contribution in [0.3, 0.4) is 0 Å². The molecule has 0 saturated heterocycles. The van der Waals surface area contributed by atoms with Crippen molar-refractivity contribution in [3.63, 3.8) is 0 Å². The summed E-state index contributed by atoms with van der Waals surface area (Å²) in [6.07, 6.45) is 28.7. The first kappa shape index (κ1) is 24.6. The smallest absolute Gasteiger partial charge is 0.0297 e. The maximum Gasteiger partial charge on any atom is -0.0297 e. The normalized spacial score (nSPS) is 32.4. The molecular formula is C30H56. The highest BCUT2D eigenvalue weighted by molar-refractivity contribution is 4.90. The summed E-state index contributed by atoms with van der Waals surface area (Å²) in [6, 6.07) is 0. The Labute approximate surface area is 190 Å². The summed E-state index contributed by atoms with van der Waals surface area (Å²) in [5, 5.41) is 0. The van der Waals surface area contributed by atoms with E-state index in [2.05, 4.69) is 27.7 Å². The molecule has 3 rings (SSSR count). The van der Waals surface area contributed by atoms with Gasteiger partial charge in [0.25, 0.3) is 0 Å². The maximum absolute atomic E-state index is 2.69. The number of rotatable bonds is 15. The topological polar surface area (TPSA) is 0 Å². The molecule has 3 fully saturated rings. The number of hydrogen-bond donors (Lipinski definition) is 0. The molecule has 0 aliphatic heterocycles. The lowest BCUT2D eigenvalue weighted by Gasteiger charge is -2.45. The van der Waals surface area contributed by atoms with Crippen molar-refractivity contribution in [3.05, 3.63) is 0 Å². The van der Waals surface area contributed by atoms with E-state index in [0.717, 1.165) is 35.5 Å². The molecule has 0 amide bonds. The molecule has 0 radical (unpaired) electrons. The summed E-state index contributed by atoms with van der Waals surface area (Å²) in [5.74, 6) is 6.35. The van der Waals surface area contributed by atoms with Gasteiger partial charge in [-0.05, 0) is 92.3 Å². The fraction of sp³-hybridized carbons (Fsp3) is 1.00. The second kappa shape index (κ2) is 12.3. The van der Waals surface area contributed by atoms with Crippen LogP contribution in [0.2, 0.25) is 0 Å². The molecule has 3 saturated carbocycles. The molecule has 4 unspecified atom stereocenters. The van der Waals surface area contributed by atoms with Gasteiger partial charge in [-0.1, -0.05) is 98.3 Å². The van der Waals surface area contributed by atoms with E-state index in [9.17, 15) is 0 Å². The van der Waals surface area contributed by atoms with Gasteiger partial charge in [-0.2, -0.15) is 0 Å². The van der Waals surface area contributed by atoms with E-state index in [1.807, 2.05) is 0 Å². The summed E-state index contributed by atoms with van der Waals surface area (Å²) in [7, 11) is 0. The van der Waals surface area contributed by atoms with Gasteiger partial charge in [-0.3, -0.25) is 0 Å². The third kappa shape index (κ3) is 6.75. The van der Waals surface area contributed by atoms with Gasteiger partial charge >= 0.3 is 0 Å². The molecule has 0 aromatic rings. The zero-order chi connectivity index (χ0) is 21.4. The lowest BCUT2D eigenvalue weighted by Crippen LogP contribution is -2.33. The van der Waals surface area contributed by atoms with Crippen molar-refractivity contribution in [2.45, 2.75) is 150 Å². The van der Waals surface area contributed by atoms with Crippen LogP contribution in [0, 0.1) is 40.9 Å². The Kier molecular flexibility index (Phi) is 10.1. The van der Waals surface area contributed by atoms with Gasteiger partial charge < -0.3 is 0 Å². The minimum Gasteiger partial charge on any atom is -0.0654 e. The van der Waals surface area contributed by atoms with Gasteiger partial charge in [-0.25, -0.2) is 0 Å². The van der Waals surface area contributed by atoms with Gasteiger partial charge in [0.2, 0.25) is 0 Å². The number of unbranched alkanes of at least 4 members (excludes halogenated alkanes) is 2. The molecule has 0 heterocycles. The van der Waals surface area contributed by atoms with Crippen LogP contribution in [0.5, 0.6) is 0 Å². The van der Waals surface area contributed by atoms with Crippen molar-refractivity contribution in [3.8, 4) is 0 Å². The fourth-order valence-corrected chi connectivity index (χ4v) is 7.69. The van der Waals surface area contributed by atoms with Crippen LogP contribution in [-0.2, 0) is 0 Å². The van der Waals surface area contributed by atoms with E-state index >= 15 is 0 Å². The Bertz CT molecular complexity index is 457. The van der Waals surface area contributed by atoms with Crippen molar-refractivity contribution >= 4 is 0 Å². The van der Waals surface area contributed by atoms with Gasteiger partial charge in [0.15, 0.2) is 0 Å². The van der Waals surface area contributed by atoms with Crippen molar-refractivity contribution in [2.75, 3.05) is 0 Å². The molecule has 0 heteroatoms. The first-order chi connectivity index (χ1) is 14.6. The van der Waals surface area contributed by atoms with E-state index < -0.39 is 0 Å². The maximum atomic E-state index is 2.69. The molecule has 0 aromatic carbocycles. The second-order valence-corrected chi connectivity index (χ2v) is 12.5. The van der Waals surface area contributed by atoms with E-state index in [4.69, 9.17) is 0 Å². The summed E-state index contributed by atoms with van der Waals surface area (Å²) in [6.45, 7) is 10.00. The largest absolute Gasteiger partial charge is 0.0654 e. The Morgan fingerprint density at radius 1 is 0.767 bits per heavy atom. The summed E-state index contributed by atoms with van der Waals surface area (Å²) in [4.78, 5) is 0. The molecule has 176 valence electrons. The zero-order valence-corrected chi connectivity index (χ0v) is 21.4. The van der Waals surface area contributed by atoms with Crippen LogP contribution in [-0.4, -0.2) is 0 Å². The molecule has 4 atom stereocenters. The van der Waals surface area contributed by atoms with E-state index in [-0.39, 0.29) is 0 Å². The number of hydrogen-bond acceptors (Lipinski definition) is 0. The fourth-order valence-electron chi connectivity index (χ4n) is 7.69. The highest BCUT2D eigenvalue weighted by Crippen LogP contribution is 2.50. The standard InChI is InChI=1S/C30H56/c1-5-7-13-25-22-26(23-25)14-10-15-27(29-18-9-12-24(29)3)19-21-30(4,20-8-6-2)28-16-11-17-28/h24-29H,5-23H2,1-4H3. The average Bonchev–Trinajstić information content (AvgIpc) is 3.08. The monoisotopic (exact) mass is 416 g/mol. The van der Waals surface area contributed by atoms with Crippen molar-refractivity contribution in [1.82, 2.24) is 0 Å². The lowest BCUT2D eigenvalue weighted by atomic mass is 9.61. The molecule has 0 aromatic heterocycles. The molecule has 0 nitrogen and oxygen atoms in total. The SMILES string of the molecule is CCCCC1CC(CCCC(CCC(C)(CCCC)C2CCC2)C2CCCC2C)C1. The van der Waals surface area contributed by atoms with Gasteiger partial charge in [0.05, 0.1) is 0 Å². The molecule has 0 spiro atoms. The van der Waals surface area contributed by atoms with Gasteiger partial charge in [0.1, 0.15) is 0 Å². The van der Waals surface area contributed by atoms with Crippen LogP contribution < -0.4 is 0 Å². The molecule has 3 aliphatic rings. The first-order valence-corrected chi connectivity index (χ1v) is 14.6.